The number of H-pyrrole nitrogens is 1. The highest BCUT2D eigenvalue weighted by atomic mass is 16.2. The van der Waals surface area contributed by atoms with Crippen LogP contribution in [0.15, 0.2) is 23.1 Å². The van der Waals surface area contributed by atoms with Gasteiger partial charge in [-0.3, -0.25) is 9.59 Å². The van der Waals surface area contributed by atoms with Gasteiger partial charge in [0, 0.05) is 30.4 Å². The van der Waals surface area contributed by atoms with E-state index in [2.05, 4.69) is 18.8 Å². The summed E-state index contributed by atoms with van der Waals surface area (Å²) in [6.45, 7) is 8.80. The van der Waals surface area contributed by atoms with Crippen molar-refractivity contribution in [1.29, 1.82) is 0 Å². The van der Waals surface area contributed by atoms with Crippen LogP contribution in [0.5, 0.6) is 0 Å². The van der Waals surface area contributed by atoms with E-state index in [4.69, 9.17) is 0 Å². The number of hydrogen-bond acceptors (Lipinski definition) is 2. The van der Waals surface area contributed by atoms with Gasteiger partial charge in [-0.2, -0.15) is 0 Å². The Morgan fingerprint density at radius 3 is 2.47 bits per heavy atom. The van der Waals surface area contributed by atoms with Crippen molar-refractivity contribution < 1.29 is 4.79 Å². The van der Waals surface area contributed by atoms with Crippen LogP contribution in [-0.2, 0) is 0 Å². The maximum Gasteiger partial charge on any atom is 0.254 e. The van der Waals surface area contributed by atoms with Gasteiger partial charge in [-0.15, -0.1) is 0 Å². The summed E-state index contributed by atoms with van der Waals surface area (Å²) in [6.07, 6.45) is 1.50. The summed E-state index contributed by atoms with van der Waals surface area (Å²) in [5.74, 6) is 0.322. The minimum atomic E-state index is -0.246. The highest BCUT2D eigenvalue weighted by Crippen LogP contribution is 2.09. The van der Waals surface area contributed by atoms with Crippen molar-refractivity contribution in [2.75, 3.05) is 6.54 Å². The molecular weight excluding hydrogens is 216 g/mol. The van der Waals surface area contributed by atoms with Gasteiger partial charge in [-0.25, -0.2) is 0 Å². The second kappa shape index (κ2) is 5.66. The molecule has 1 rings (SSSR count). The largest absolute Gasteiger partial charge is 0.336 e. The fourth-order valence-electron chi connectivity index (χ4n) is 1.67. The zero-order valence-corrected chi connectivity index (χ0v) is 10.9. The Bertz CT molecular complexity index is 435. The zero-order chi connectivity index (χ0) is 13.0. The SMILES string of the molecule is CC(C)CN(C(=O)c1cc[nH]c(=O)c1)C(C)C. The fourth-order valence-corrected chi connectivity index (χ4v) is 1.67. The first-order chi connectivity index (χ1) is 7.91. The van der Waals surface area contributed by atoms with Gasteiger partial charge in [0.05, 0.1) is 0 Å². The molecule has 17 heavy (non-hydrogen) atoms. The van der Waals surface area contributed by atoms with Crippen LogP contribution in [0.4, 0.5) is 0 Å². The van der Waals surface area contributed by atoms with Crippen molar-refractivity contribution in [2.24, 2.45) is 5.92 Å². The molecule has 94 valence electrons. The summed E-state index contributed by atoms with van der Waals surface area (Å²) in [4.78, 5) is 27.7. The quantitative estimate of drug-likeness (QED) is 0.867. The van der Waals surface area contributed by atoms with Crippen LogP contribution in [0.3, 0.4) is 0 Å². The molecule has 0 spiro atoms. The summed E-state index contributed by atoms with van der Waals surface area (Å²) in [7, 11) is 0. The van der Waals surface area contributed by atoms with E-state index in [-0.39, 0.29) is 17.5 Å². The molecule has 0 saturated heterocycles. The van der Waals surface area contributed by atoms with Gasteiger partial charge in [0.1, 0.15) is 0 Å². The number of carbonyl (C=O) groups is 1. The molecule has 0 unspecified atom stereocenters. The standard InChI is InChI=1S/C13H20N2O2/c1-9(2)8-15(10(3)4)13(17)11-5-6-14-12(16)7-11/h5-7,9-10H,8H2,1-4H3,(H,14,16). The molecule has 0 saturated carbocycles. The highest BCUT2D eigenvalue weighted by molar-refractivity contribution is 5.94. The van der Waals surface area contributed by atoms with Gasteiger partial charge in [0.25, 0.3) is 5.91 Å². The molecule has 1 N–H and O–H groups in total. The van der Waals surface area contributed by atoms with Crippen molar-refractivity contribution in [2.45, 2.75) is 33.7 Å². The predicted octanol–water partition coefficient (Wildman–Crippen LogP) is 1.88. The number of rotatable bonds is 4. The van der Waals surface area contributed by atoms with Gasteiger partial charge in [-0.05, 0) is 25.8 Å². The Kier molecular flexibility index (Phi) is 4.49. The Morgan fingerprint density at radius 2 is 2.00 bits per heavy atom. The second-order valence-electron chi connectivity index (χ2n) is 4.89. The van der Waals surface area contributed by atoms with E-state index in [0.717, 1.165) is 0 Å². The molecule has 0 aromatic carbocycles. The smallest absolute Gasteiger partial charge is 0.254 e. The van der Waals surface area contributed by atoms with E-state index >= 15 is 0 Å². The van der Waals surface area contributed by atoms with E-state index < -0.39 is 0 Å². The van der Waals surface area contributed by atoms with Crippen LogP contribution in [0.25, 0.3) is 0 Å². The van der Waals surface area contributed by atoms with Crippen LogP contribution in [-0.4, -0.2) is 28.4 Å². The summed E-state index contributed by atoms with van der Waals surface area (Å²) >= 11 is 0. The average molecular weight is 236 g/mol. The molecule has 0 aliphatic carbocycles. The number of hydrogen-bond donors (Lipinski definition) is 1. The third-order valence-corrected chi connectivity index (χ3v) is 2.47. The predicted molar refractivity (Wildman–Crippen MR) is 68.1 cm³/mol. The molecule has 1 aromatic rings. The Labute approximate surface area is 102 Å². The lowest BCUT2D eigenvalue weighted by Gasteiger charge is -2.28. The van der Waals surface area contributed by atoms with Crippen LogP contribution >= 0.6 is 0 Å². The number of carbonyl (C=O) groups excluding carboxylic acids is 1. The van der Waals surface area contributed by atoms with E-state index in [1.165, 1.54) is 12.3 Å². The summed E-state index contributed by atoms with van der Waals surface area (Å²) < 4.78 is 0. The Hall–Kier alpha value is -1.58. The fraction of sp³-hybridized carbons (Fsp3) is 0.538. The minimum Gasteiger partial charge on any atom is -0.336 e. The topological polar surface area (TPSA) is 53.2 Å². The lowest BCUT2D eigenvalue weighted by atomic mass is 10.1. The van der Waals surface area contributed by atoms with E-state index in [1.54, 1.807) is 11.0 Å². The molecule has 1 amide bonds. The second-order valence-corrected chi connectivity index (χ2v) is 4.89. The molecule has 4 nitrogen and oxygen atoms in total. The first-order valence-corrected chi connectivity index (χ1v) is 5.91. The summed E-state index contributed by atoms with van der Waals surface area (Å²) in [5.41, 5.74) is 0.201. The molecule has 0 aliphatic rings. The van der Waals surface area contributed by atoms with E-state index in [1.807, 2.05) is 13.8 Å². The monoisotopic (exact) mass is 236 g/mol. The van der Waals surface area contributed by atoms with Crippen molar-refractivity contribution >= 4 is 5.91 Å². The lowest BCUT2D eigenvalue weighted by Crippen LogP contribution is -2.39. The summed E-state index contributed by atoms with van der Waals surface area (Å²) in [6, 6.07) is 3.11. The van der Waals surface area contributed by atoms with Crippen LogP contribution in [0, 0.1) is 5.92 Å². The number of aromatic amines is 1. The third kappa shape index (κ3) is 3.73. The van der Waals surface area contributed by atoms with Crippen LogP contribution in [0.1, 0.15) is 38.1 Å². The maximum absolute atomic E-state index is 12.2. The number of pyridine rings is 1. The van der Waals surface area contributed by atoms with Gasteiger partial charge in [0.15, 0.2) is 0 Å². The van der Waals surface area contributed by atoms with Crippen molar-refractivity contribution in [1.82, 2.24) is 9.88 Å². The minimum absolute atomic E-state index is 0.0835. The number of amides is 1. The molecule has 1 heterocycles. The molecule has 0 bridgehead atoms. The summed E-state index contributed by atoms with van der Waals surface area (Å²) in [5, 5.41) is 0. The number of nitrogens with one attached hydrogen (secondary N) is 1. The van der Waals surface area contributed by atoms with Gasteiger partial charge in [0.2, 0.25) is 5.56 Å². The van der Waals surface area contributed by atoms with Crippen molar-refractivity contribution in [3.05, 3.63) is 34.2 Å². The Morgan fingerprint density at radius 1 is 1.35 bits per heavy atom. The molecule has 4 heteroatoms. The van der Waals surface area contributed by atoms with E-state index in [0.29, 0.717) is 18.0 Å². The van der Waals surface area contributed by atoms with Crippen molar-refractivity contribution in [3.63, 3.8) is 0 Å². The normalized spacial score (nSPS) is 10.9. The lowest BCUT2D eigenvalue weighted by molar-refractivity contribution is 0.0681. The molecule has 0 atom stereocenters. The van der Waals surface area contributed by atoms with Crippen molar-refractivity contribution in [3.8, 4) is 0 Å². The average Bonchev–Trinajstić information content (AvgIpc) is 2.24. The third-order valence-electron chi connectivity index (χ3n) is 2.47. The number of aromatic nitrogens is 1. The number of nitrogens with zero attached hydrogens (tertiary/aromatic N) is 1. The molecular formula is C13H20N2O2. The Balaban J connectivity index is 2.96. The maximum atomic E-state index is 12.2. The van der Waals surface area contributed by atoms with Gasteiger partial charge < -0.3 is 9.88 Å². The molecule has 0 fully saturated rings. The van der Waals surface area contributed by atoms with E-state index in [9.17, 15) is 9.59 Å². The van der Waals surface area contributed by atoms with Gasteiger partial charge >= 0.3 is 0 Å². The highest BCUT2D eigenvalue weighted by Gasteiger charge is 2.19. The van der Waals surface area contributed by atoms with Gasteiger partial charge in [-0.1, -0.05) is 13.8 Å². The molecule has 1 aromatic heterocycles. The zero-order valence-electron chi connectivity index (χ0n) is 10.9. The molecule has 0 radical (unpaired) electrons. The van der Waals surface area contributed by atoms with Crippen LogP contribution in [0.2, 0.25) is 0 Å². The van der Waals surface area contributed by atoms with Crippen LogP contribution < -0.4 is 5.56 Å². The first-order valence-electron chi connectivity index (χ1n) is 5.91. The molecule has 0 aliphatic heterocycles. The first kappa shape index (κ1) is 13.5.